The molecule has 0 amide bonds. The summed E-state index contributed by atoms with van der Waals surface area (Å²) >= 11 is 0. The lowest BCUT2D eigenvalue weighted by Gasteiger charge is -2.29. The number of rotatable bonds is 9. The summed E-state index contributed by atoms with van der Waals surface area (Å²) in [5.41, 5.74) is 17.9. The zero-order valence-electron chi connectivity index (χ0n) is 34.8. The van der Waals surface area contributed by atoms with Gasteiger partial charge in [-0.1, -0.05) is 169 Å². The highest BCUT2D eigenvalue weighted by molar-refractivity contribution is 6.21. The molecule has 10 rings (SSSR count). The summed E-state index contributed by atoms with van der Waals surface area (Å²) in [6.45, 7) is 6.64. The van der Waals surface area contributed by atoms with Crippen molar-refractivity contribution >= 4 is 55.7 Å². The summed E-state index contributed by atoms with van der Waals surface area (Å²) in [6, 6.07) is 81.4. The van der Waals surface area contributed by atoms with E-state index < -0.39 is 0 Å². The zero-order valence-corrected chi connectivity index (χ0v) is 34.8. The number of hydrogen-bond acceptors (Lipinski definition) is 2. The summed E-state index contributed by atoms with van der Waals surface area (Å²) in [7, 11) is 0. The Kier molecular flexibility index (Phi) is 9.96. The fraction of sp³-hybridized carbons (Fsp3) is 0.0508. The van der Waals surface area contributed by atoms with Crippen molar-refractivity contribution in [3.63, 3.8) is 0 Å². The lowest BCUT2D eigenvalue weighted by Crippen LogP contribution is -2.13. The van der Waals surface area contributed by atoms with E-state index in [9.17, 15) is 0 Å². The minimum atomic E-state index is 1.12. The number of fused-ring (bicyclic) bond motifs is 2. The van der Waals surface area contributed by atoms with E-state index in [0.29, 0.717) is 0 Å². The average Bonchev–Trinajstić information content (AvgIpc) is 3.31. The molecule has 0 unspecified atom stereocenters. The molecule has 0 fully saturated rings. The summed E-state index contributed by atoms with van der Waals surface area (Å²) in [6.07, 6.45) is 0. The van der Waals surface area contributed by atoms with Crippen molar-refractivity contribution in [3.05, 3.63) is 241 Å². The molecule has 0 radical (unpaired) electrons. The van der Waals surface area contributed by atoms with Crippen LogP contribution in [-0.2, 0) is 0 Å². The minimum Gasteiger partial charge on any atom is -0.311 e. The highest BCUT2D eigenvalue weighted by Gasteiger charge is 2.20. The van der Waals surface area contributed by atoms with Gasteiger partial charge in [-0.05, 0) is 147 Å². The van der Waals surface area contributed by atoms with Gasteiger partial charge >= 0.3 is 0 Å². The maximum atomic E-state index is 2.42. The molecule has 0 aliphatic carbocycles. The van der Waals surface area contributed by atoms with Crippen LogP contribution in [0.25, 0.3) is 54.9 Å². The van der Waals surface area contributed by atoms with E-state index in [4.69, 9.17) is 0 Å². The van der Waals surface area contributed by atoms with Gasteiger partial charge in [-0.3, -0.25) is 0 Å². The molecule has 292 valence electrons. The quantitative estimate of drug-likeness (QED) is 0.135. The first kappa shape index (κ1) is 37.6. The Balaban J connectivity index is 1.03. The number of benzene rings is 10. The predicted octanol–water partition coefficient (Wildman–Crippen LogP) is 16.9. The lowest BCUT2D eigenvalue weighted by atomic mass is 9.86. The smallest absolute Gasteiger partial charge is 0.0520 e. The van der Waals surface area contributed by atoms with E-state index >= 15 is 0 Å². The van der Waals surface area contributed by atoms with E-state index in [1.54, 1.807) is 0 Å². The Morgan fingerprint density at radius 1 is 0.262 bits per heavy atom. The highest BCUT2D eigenvalue weighted by atomic mass is 15.1. The van der Waals surface area contributed by atoms with Crippen molar-refractivity contribution in [3.8, 4) is 33.4 Å². The molecule has 0 spiro atoms. The zero-order chi connectivity index (χ0) is 41.3. The molecule has 10 aromatic rings. The van der Waals surface area contributed by atoms with Gasteiger partial charge in [0.25, 0.3) is 0 Å². The van der Waals surface area contributed by atoms with Crippen molar-refractivity contribution in [1.29, 1.82) is 0 Å². The van der Waals surface area contributed by atoms with Crippen LogP contribution in [0.15, 0.2) is 224 Å². The Labute approximate surface area is 359 Å². The van der Waals surface area contributed by atoms with Gasteiger partial charge in [-0.2, -0.15) is 0 Å². The Morgan fingerprint density at radius 2 is 0.557 bits per heavy atom. The molecular weight excluding hydrogens is 737 g/mol. The van der Waals surface area contributed by atoms with Gasteiger partial charge in [-0.25, -0.2) is 0 Å². The molecule has 0 aliphatic rings. The van der Waals surface area contributed by atoms with E-state index in [0.717, 1.165) is 28.4 Å². The number of hydrogen-bond donors (Lipinski definition) is 0. The van der Waals surface area contributed by atoms with Gasteiger partial charge in [0.1, 0.15) is 0 Å². The van der Waals surface area contributed by atoms with Crippen molar-refractivity contribution in [2.24, 2.45) is 0 Å². The first-order valence-corrected chi connectivity index (χ1v) is 21.1. The standard InChI is InChI=1S/C59H46N2/c1-41-39-42(2)59(43(3)40-41)61(51-35-29-45(30-36-51)44-27-33-50(34-28-44)60(48-19-9-5-10-20-48)49-21-11-6-12-22-49)52-37-31-47(32-38-52)58-55-25-15-13-23-53(55)57(46-17-7-4-8-18-46)54-24-14-16-26-56(54)58/h4-40H,1-3H3. The summed E-state index contributed by atoms with van der Waals surface area (Å²) in [4.78, 5) is 4.72. The topological polar surface area (TPSA) is 6.48 Å². The number of anilines is 6. The first-order chi connectivity index (χ1) is 30.0. The molecule has 0 saturated carbocycles. The van der Waals surface area contributed by atoms with Crippen molar-refractivity contribution in [1.82, 2.24) is 0 Å². The molecule has 10 aromatic carbocycles. The van der Waals surface area contributed by atoms with Gasteiger partial charge in [0, 0.05) is 28.4 Å². The van der Waals surface area contributed by atoms with E-state index in [1.165, 1.54) is 77.3 Å². The molecule has 2 nitrogen and oxygen atoms in total. The SMILES string of the molecule is Cc1cc(C)c(N(c2ccc(-c3ccc(N(c4ccccc4)c4ccccc4)cc3)cc2)c2ccc(-c3c4ccccc4c(-c4ccccc4)c4ccccc34)cc2)c(C)c1. The van der Waals surface area contributed by atoms with Crippen LogP contribution in [0.5, 0.6) is 0 Å². The fourth-order valence-corrected chi connectivity index (χ4v) is 9.27. The molecule has 0 N–H and O–H groups in total. The summed E-state index contributed by atoms with van der Waals surface area (Å²) in [5.74, 6) is 0. The molecule has 0 atom stereocenters. The van der Waals surface area contributed by atoms with Crippen LogP contribution >= 0.6 is 0 Å². The van der Waals surface area contributed by atoms with Gasteiger partial charge in [0.15, 0.2) is 0 Å². The molecule has 0 bridgehead atoms. The number of para-hydroxylation sites is 2. The largest absolute Gasteiger partial charge is 0.311 e. The van der Waals surface area contributed by atoms with E-state index in [2.05, 4.69) is 255 Å². The second kappa shape index (κ2) is 16.2. The fourth-order valence-electron chi connectivity index (χ4n) is 9.27. The Hall–Kier alpha value is -7.68. The maximum Gasteiger partial charge on any atom is 0.0520 e. The van der Waals surface area contributed by atoms with Crippen molar-refractivity contribution in [2.75, 3.05) is 9.80 Å². The van der Waals surface area contributed by atoms with Crippen LogP contribution in [0.1, 0.15) is 16.7 Å². The van der Waals surface area contributed by atoms with Crippen LogP contribution in [0, 0.1) is 20.8 Å². The predicted molar refractivity (Wildman–Crippen MR) is 261 cm³/mol. The summed E-state index contributed by atoms with van der Waals surface area (Å²) < 4.78 is 0. The van der Waals surface area contributed by atoms with Gasteiger partial charge < -0.3 is 9.80 Å². The van der Waals surface area contributed by atoms with Crippen LogP contribution in [-0.4, -0.2) is 0 Å². The number of nitrogens with zero attached hydrogens (tertiary/aromatic N) is 2. The van der Waals surface area contributed by atoms with Crippen LogP contribution in [0.4, 0.5) is 34.1 Å². The van der Waals surface area contributed by atoms with Crippen molar-refractivity contribution in [2.45, 2.75) is 20.8 Å². The van der Waals surface area contributed by atoms with E-state index in [1.807, 2.05) is 0 Å². The molecule has 61 heavy (non-hydrogen) atoms. The second-order valence-corrected chi connectivity index (χ2v) is 15.9. The van der Waals surface area contributed by atoms with Gasteiger partial charge in [-0.15, -0.1) is 0 Å². The highest BCUT2D eigenvalue weighted by Crippen LogP contribution is 2.45. The molecule has 0 saturated heterocycles. The third-order valence-corrected chi connectivity index (χ3v) is 11.9. The second-order valence-electron chi connectivity index (χ2n) is 15.9. The normalized spacial score (nSPS) is 11.2. The van der Waals surface area contributed by atoms with Crippen LogP contribution in [0.2, 0.25) is 0 Å². The lowest BCUT2D eigenvalue weighted by molar-refractivity contribution is 1.20. The molecule has 0 aromatic heterocycles. The summed E-state index contributed by atoms with van der Waals surface area (Å²) in [5, 5.41) is 5.04. The maximum absolute atomic E-state index is 2.42. The Morgan fingerprint density at radius 3 is 0.951 bits per heavy atom. The molecular formula is C59H46N2. The molecule has 2 heteroatoms. The van der Waals surface area contributed by atoms with Gasteiger partial charge in [0.05, 0.1) is 5.69 Å². The van der Waals surface area contributed by atoms with Gasteiger partial charge in [0.2, 0.25) is 0 Å². The van der Waals surface area contributed by atoms with E-state index in [-0.39, 0.29) is 0 Å². The average molecular weight is 783 g/mol. The number of aryl methyl sites for hydroxylation is 3. The monoisotopic (exact) mass is 782 g/mol. The molecule has 0 aliphatic heterocycles. The van der Waals surface area contributed by atoms with Crippen LogP contribution in [0.3, 0.4) is 0 Å². The van der Waals surface area contributed by atoms with Crippen molar-refractivity contribution < 1.29 is 0 Å². The third-order valence-electron chi connectivity index (χ3n) is 11.9. The minimum absolute atomic E-state index is 1.12. The first-order valence-electron chi connectivity index (χ1n) is 21.1. The Bertz CT molecular complexity index is 3000. The molecule has 0 heterocycles. The van der Waals surface area contributed by atoms with Crippen LogP contribution < -0.4 is 9.80 Å². The third kappa shape index (κ3) is 7.13.